The predicted molar refractivity (Wildman–Crippen MR) is 408 cm³/mol. The molecule has 12 N–H and O–H groups in total. The minimum Gasteiger partial charge on any atom is -0.506 e. The SMILES string of the molecule is COCCOCCOCCN1CCNC(=O)c2cccc(c2)C(=O)NCCN(CCN2CCNC(=O)c3cccc(c3O)C(=O)NCCN(CCOCCOCCOC)CCNC(=O)c3cccc(c3O)C(=O)NCCC(CCCCNC(=O)CCN3C(=O)CCC3=O)C2)CCNC(=O)c2cccc(c2O)C(=O)NCC1. The number of nitrogens with zero attached hydrogens (tertiary/aromatic N) is 5. The summed E-state index contributed by atoms with van der Waals surface area (Å²) in [5.74, 6) is -7.65. The Labute approximate surface area is 647 Å². The second-order valence-electron chi connectivity index (χ2n) is 26.7. The molecule has 3 heterocycles. The largest absolute Gasteiger partial charge is 0.506 e. The maximum absolute atomic E-state index is 14.2. The van der Waals surface area contributed by atoms with Crippen LogP contribution in [0.2, 0.25) is 0 Å². The molecule has 3 aliphatic rings. The molecule has 3 aliphatic heterocycles. The lowest BCUT2D eigenvalue weighted by molar-refractivity contribution is -0.138. The van der Waals surface area contributed by atoms with E-state index in [1.165, 1.54) is 60.7 Å². The number of fused-ring (bicyclic) bond motifs is 8. The van der Waals surface area contributed by atoms with E-state index >= 15 is 0 Å². The van der Waals surface area contributed by atoms with Gasteiger partial charge in [-0.25, -0.2) is 0 Å². The highest BCUT2D eigenvalue weighted by Gasteiger charge is 2.30. The van der Waals surface area contributed by atoms with Gasteiger partial charge in [0, 0.05) is 189 Å². The Kier molecular flexibility index (Phi) is 39.4. The van der Waals surface area contributed by atoms with Gasteiger partial charge in [-0.15, -0.1) is 0 Å². The molecule has 1 unspecified atom stereocenters. The van der Waals surface area contributed by atoms with Crippen LogP contribution in [0, 0.1) is 5.92 Å². The van der Waals surface area contributed by atoms with Gasteiger partial charge in [-0.05, 0) is 79.8 Å². The van der Waals surface area contributed by atoms with Crippen LogP contribution in [0.1, 0.15) is 128 Å². The molecule has 4 aromatic carbocycles. The second-order valence-corrected chi connectivity index (χ2v) is 26.7. The number of nitrogens with one attached hydrogen (secondary N) is 9. The first kappa shape index (κ1) is 88.5. The van der Waals surface area contributed by atoms with Crippen molar-refractivity contribution in [2.24, 2.45) is 5.92 Å². The van der Waals surface area contributed by atoms with E-state index in [-0.39, 0.29) is 205 Å². The van der Waals surface area contributed by atoms with Gasteiger partial charge in [-0.2, -0.15) is 0 Å². The van der Waals surface area contributed by atoms with Crippen molar-refractivity contribution in [1.29, 1.82) is 0 Å². The predicted octanol–water partition coefficient (Wildman–Crippen LogP) is 0.169. The molecule has 4 aromatic rings. The summed E-state index contributed by atoms with van der Waals surface area (Å²) in [5.41, 5.74) is -0.431. The van der Waals surface area contributed by atoms with E-state index in [4.69, 9.17) is 28.4 Å². The Hall–Kier alpha value is -9.75. The third kappa shape index (κ3) is 30.8. The molecule has 608 valence electrons. The number of hydrogen-bond acceptors (Lipinski definition) is 24. The Morgan fingerprint density at radius 3 is 1.11 bits per heavy atom. The maximum Gasteiger partial charge on any atom is 0.255 e. The van der Waals surface area contributed by atoms with Gasteiger partial charge in [0.25, 0.3) is 47.3 Å². The van der Waals surface area contributed by atoms with E-state index < -0.39 is 64.5 Å². The molecule has 1 atom stereocenters. The number of aromatic hydroxyl groups is 3. The van der Waals surface area contributed by atoms with Crippen molar-refractivity contribution in [2.45, 2.75) is 44.9 Å². The Morgan fingerprint density at radius 1 is 0.396 bits per heavy atom. The summed E-state index contributed by atoms with van der Waals surface area (Å²) in [6.45, 7) is 7.99. The molecule has 1 fully saturated rings. The van der Waals surface area contributed by atoms with Crippen molar-refractivity contribution in [1.82, 2.24) is 72.4 Å². The van der Waals surface area contributed by atoms with Gasteiger partial charge >= 0.3 is 0 Å². The summed E-state index contributed by atoms with van der Waals surface area (Å²) in [6, 6.07) is 19.1. The Balaban J connectivity index is 1.12. The van der Waals surface area contributed by atoms with Crippen LogP contribution in [0.3, 0.4) is 0 Å². The van der Waals surface area contributed by atoms with Crippen molar-refractivity contribution in [3.63, 3.8) is 0 Å². The third-order valence-corrected chi connectivity index (χ3v) is 18.8. The molecule has 1 saturated heterocycles. The number of ether oxygens (including phenoxy) is 6. The summed E-state index contributed by atoms with van der Waals surface area (Å²) in [5, 5.41) is 60.5. The molecule has 111 heavy (non-hydrogen) atoms. The molecule has 34 nitrogen and oxygen atoms in total. The summed E-state index contributed by atoms with van der Waals surface area (Å²) < 4.78 is 32.6. The molecule has 34 heteroatoms. The van der Waals surface area contributed by atoms with Gasteiger partial charge in [-0.1, -0.05) is 30.7 Å². The fraction of sp³-hybridized carbons (Fsp3) is 0.545. The van der Waals surface area contributed by atoms with Gasteiger partial charge in [0.15, 0.2) is 0 Å². The minimum atomic E-state index is -0.681. The smallest absolute Gasteiger partial charge is 0.255 e. The van der Waals surface area contributed by atoms with E-state index in [0.29, 0.717) is 118 Å². The molecular formula is C77H110N14O20. The fourth-order valence-electron chi connectivity index (χ4n) is 12.5. The first-order valence-electron chi connectivity index (χ1n) is 37.9. The number of rotatable bonds is 29. The van der Waals surface area contributed by atoms with Gasteiger partial charge < -0.3 is 96.5 Å². The normalized spacial score (nSPS) is 17.8. The second kappa shape index (κ2) is 49.5. The number of benzene rings is 4. The molecule has 7 rings (SSSR count). The average Bonchev–Trinajstić information content (AvgIpc) is 1.66. The van der Waals surface area contributed by atoms with Gasteiger partial charge in [0.2, 0.25) is 17.7 Å². The van der Waals surface area contributed by atoms with Crippen molar-refractivity contribution >= 4 is 65.0 Å². The van der Waals surface area contributed by atoms with E-state index in [1.54, 1.807) is 32.4 Å². The number of carbonyl (C=O) groups excluding carboxylic acids is 11. The van der Waals surface area contributed by atoms with Crippen LogP contribution in [0.15, 0.2) is 78.9 Å². The van der Waals surface area contributed by atoms with Gasteiger partial charge in [-0.3, -0.25) is 72.3 Å². The number of carbonyl (C=O) groups is 11. The lowest BCUT2D eigenvalue weighted by atomic mass is 9.97. The van der Waals surface area contributed by atoms with Crippen LogP contribution in [0.4, 0.5) is 0 Å². The number of unbranched alkanes of at least 4 members (excludes halogenated alkanes) is 1. The van der Waals surface area contributed by atoms with Crippen LogP contribution in [0.5, 0.6) is 17.2 Å². The highest BCUT2D eigenvalue weighted by Crippen LogP contribution is 2.26. The molecule has 8 bridgehead atoms. The van der Waals surface area contributed by atoms with E-state index in [2.05, 4.69) is 52.8 Å². The van der Waals surface area contributed by atoms with E-state index in [0.717, 1.165) is 4.90 Å². The zero-order valence-corrected chi connectivity index (χ0v) is 63.7. The van der Waals surface area contributed by atoms with Crippen molar-refractivity contribution < 1.29 is 96.5 Å². The number of likely N-dealkylation sites (tertiary alicyclic amines) is 1. The van der Waals surface area contributed by atoms with Crippen LogP contribution >= 0.6 is 0 Å². The van der Waals surface area contributed by atoms with Crippen LogP contribution < -0.4 is 47.9 Å². The molecule has 0 aliphatic carbocycles. The summed E-state index contributed by atoms with van der Waals surface area (Å²) >= 11 is 0. The number of methoxy groups -OCH3 is 2. The fourth-order valence-corrected chi connectivity index (χ4v) is 12.5. The highest BCUT2D eigenvalue weighted by atomic mass is 16.5. The van der Waals surface area contributed by atoms with Crippen LogP contribution in [0.25, 0.3) is 0 Å². The topological polar surface area (TPSA) is 428 Å². The zero-order chi connectivity index (χ0) is 79.5. The number of hydrogen-bond donors (Lipinski definition) is 12. The number of para-hydroxylation sites is 3. The van der Waals surface area contributed by atoms with E-state index in [9.17, 15) is 68.1 Å². The molecule has 0 radical (unpaired) electrons. The lowest BCUT2D eigenvalue weighted by Crippen LogP contribution is -2.45. The van der Waals surface area contributed by atoms with Gasteiger partial charge in [0.05, 0.1) is 99.4 Å². The quantitative estimate of drug-likeness (QED) is 0.0255. The summed E-state index contributed by atoms with van der Waals surface area (Å²) in [4.78, 5) is 158. The van der Waals surface area contributed by atoms with E-state index in [1.807, 2.05) is 14.7 Å². The molecule has 0 spiro atoms. The standard InChI is InChI=1S/C77H110N14O20/c1-106-45-47-110-51-49-108-43-41-88-34-25-81-71(99)57-11-5-10-56(53-57)70(98)80-24-32-87(33-26-82-73(101)60-14-7-15-61(68(60)96)75(103)83-27-35-88)39-40-90-38-30-86-77(105)63-17-8-16-62(69(63)97)76(104)85-29-37-89(42-44-109-50-52-111-48-46-107-2)36-28-84-74(102)59-13-6-12-58(67(59)95)72(100)79-23-20-55(54-90)9-3-4-22-78-64(92)21-31-91-65(93)18-19-66(91)94/h5-8,10-17,53,55,95-97H,3-4,9,18-52,54H2,1-2H3,(H,78,92)(H,79,100)(H,80,98)(H,81,99)(H,82,101)(H,83,103)(H,84,102)(H,85,104)(H,86,105). The Morgan fingerprint density at radius 2 is 0.721 bits per heavy atom. The molecule has 11 amide bonds. The number of phenolic OH excluding ortho intramolecular Hbond substituents is 3. The first-order valence-corrected chi connectivity index (χ1v) is 37.9. The lowest BCUT2D eigenvalue weighted by Gasteiger charge is -2.31. The molecule has 0 aromatic heterocycles. The van der Waals surface area contributed by atoms with Gasteiger partial charge in [0.1, 0.15) is 17.2 Å². The van der Waals surface area contributed by atoms with Crippen molar-refractivity contribution in [3.8, 4) is 17.2 Å². The maximum atomic E-state index is 14.2. The monoisotopic (exact) mass is 1550 g/mol. The van der Waals surface area contributed by atoms with Crippen LogP contribution in [-0.2, 0) is 42.8 Å². The third-order valence-electron chi connectivity index (χ3n) is 18.8. The van der Waals surface area contributed by atoms with Crippen LogP contribution in [-0.4, -0.2) is 329 Å². The first-order chi connectivity index (χ1) is 53.8. The number of amides is 11. The molecular weight excluding hydrogens is 1440 g/mol. The number of imide groups is 1. The van der Waals surface area contributed by atoms with Crippen molar-refractivity contribution in [2.75, 3.05) is 224 Å². The average molecular weight is 1550 g/mol. The summed E-state index contributed by atoms with van der Waals surface area (Å²) in [7, 11) is 3.16. The highest BCUT2D eigenvalue weighted by molar-refractivity contribution is 6.06. The number of phenols is 3. The Bertz CT molecular complexity index is 3690. The zero-order valence-electron chi connectivity index (χ0n) is 63.7. The summed E-state index contributed by atoms with van der Waals surface area (Å²) in [6.07, 6.45) is 2.11. The van der Waals surface area contributed by atoms with Crippen molar-refractivity contribution in [3.05, 3.63) is 123 Å². The molecule has 0 saturated carbocycles. The minimum absolute atomic E-state index is 0.00708.